The van der Waals surface area contributed by atoms with Crippen molar-refractivity contribution in [3.63, 3.8) is 0 Å². The SMILES string of the molecule is O=C(OC[C@@H]1[C@@H](OC2CCCCO2)[C@H](OC2CCCCO2)[C@@H](O)CN1Cc1ccccc1)c1ccccc1. The molecule has 0 radical (unpaired) electrons. The van der Waals surface area contributed by atoms with Gasteiger partial charge in [-0.2, -0.15) is 0 Å². The van der Waals surface area contributed by atoms with Gasteiger partial charge in [0.15, 0.2) is 12.6 Å². The summed E-state index contributed by atoms with van der Waals surface area (Å²) < 4.78 is 30.6. The van der Waals surface area contributed by atoms with Crippen molar-refractivity contribution in [3.05, 3.63) is 71.8 Å². The van der Waals surface area contributed by atoms with Gasteiger partial charge < -0.3 is 28.8 Å². The van der Waals surface area contributed by atoms with E-state index in [1.54, 1.807) is 12.1 Å². The molecule has 2 aromatic carbocycles. The third-order valence-corrected chi connectivity index (χ3v) is 7.49. The third-order valence-electron chi connectivity index (χ3n) is 7.49. The predicted octanol–water partition coefficient (Wildman–Crippen LogP) is 3.91. The van der Waals surface area contributed by atoms with Crippen LogP contribution < -0.4 is 0 Å². The maximum Gasteiger partial charge on any atom is 0.338 e. The summed E-state index contributed by atoms with van der Waals surface area (Å²) in [5.41, 5.74) is 1.59. The Balaban J connectivity index is 1.40. The minimum atomic E-state index is -0.807. The number of ether oxygens (including phenoxy) is 5. The Morgan fingerprint density at radius 1 is 0.842 bits per heavy atom. The molecule has 206 valence electrons. The second-order valence-electron chi connectivity index (χ2n) is 10.3. The lowest BCUT2D eigenvalue weighted by molar-refractivity contribution is -0.289. The van der Waals surface area contributed by atoms with Crippen LogP contribution in [0.25, 0.3) is 0 Å². The molecule has 6 atom stereocenters. The number of likely N-dealkylation sites (tertiary alicyclic amines) is 1. The van der Waals surface area contributed by atoms with Gasteiger partial charge in [0.2, 0.25) is 0 Å². The first kappa shape index (κ1) is 27.2. The molecule has 3 heterocycles. The van der Waals surface area contributed by atoms with Crippen LogP contribution in [0.3, 0.4) is 0 Å². The van der Waals surface area contributed by atoms with E-state index in [4.69, 9.17) is 23.7 Å². The second-order valence-corrected chi connectivity index (χ2v) is 10.3. The zero-order chi connectivity index (χ0) is 26.2. The van der Waals surface area contributed by atoms with E-state index in [0.717, 1.165) is 44.1 Å². The van der Waals surface area contributed by atoms with Crippen LogP contribution in [0.2, 0.25) is 0 Å². The van der Waals surface area contributed by atoms with Crippen molar-refractivity contribution in [1.82, 2.24) is 4.90 Å². The Morgan fingerprint density at radius 2 is 1.45 bits per heavy atom. The van der Waals surface area contributed by atoms with Gasteiger partial charge in [0.25, 0.3) is 0 Å². The van der Waals surface area contributed by atoms with Crippen LogP contribution in [0.5, 0.6) is 0 Å². The number of aliphatic hydroxyl groups is 1. The number of esters is 1. The van der Waals surface area contributed by atoms with Gasteiger partial charge in [0.05, 0.1) is 17.7 Å². The average Bonchev–Trinajstić information content (AvgIpc) is 2.97. The van der Waals surface area contributed by atoms with Crippen molar-refractivity contribution in [2.75, 3.05) is 26.4 Å². The fourth-order valence-electron chi connectivity index (χ4n) is 5.47. The first-order chi connectivity index (χ1) is 18.7. The average molecular weight is 526 g/mol. The number of β-amino-alcohol motifs (C(OH)–C–C–N with tert-alkyl or cyclic N) is 1. The van der Waals surface area contributed by atoms with E-state index >= 15 is 0 Å². The first-order valence-corrected chi connectivity index (χ1v) is 13.9. The molecule has 0 amide bonds. The molecule has 1 N–H and O–H groups in total. The van der Waals surface area contributed by atoms with Crippen LogP contribution in [0, 0.1) is 0 Å². The smallest absolute Gasteiger partial charge is 0.338 e. The van der Waals surface area contributed by atoms with Gasteiger partial charge in [-0.15, -0.1) is 0 Å². The number of carbonyl (C=O) groups is 1. The molecular weight excluding hydrogens is 486 g/mol. The standard InChI is InChI=1S/C30H39NO7/c32-25-20-31(19-22-11-3-1-4-12-22)24(21-36-30(33)23-13-5-2-6-14-23)28(37-26-15-7-9-17-34-26)29(25)38-27-16-8-10-18-35-27/h1-6,11-14,24-29,32H,7-10,15-21H2/t24-,25+,26?,27?,28-,29-/m1/s1. The molecule has 8 heteroatoms. The summed E-state index contributed by atoms with van der Waals surface area (Å²) in [6, 6.07) is 18.7. The van der Waals surface area contributed by atoms with Crippen molar-refractivity contribution in [2.24, 2.45) is 0 Å². The van der Waals surface area contributed by atoms with E-state index in [1.165, 1.54) is 0 Å². The summed E-state index contributed by atoms with van der Waals surface area (Å²) in [7, 11) is 0. The second kappa shape index (κ2) is 13.6. The molecule has 38 heavy (non-hydrogen) atoms. The Hall–Kier alpha value is -2.33. The van der Waals surface area contributed by atoms with Crippen molar-refractivity contribution >= 4 is 5.97 Å². The number of hydrogen-bond acceptors (Lipinski definition) is 8. The van der Waals surface area contributed by atoms with Gasteiger partial charge >= 0.3 is 5.97 Å². The van der Waals surface area contributed by atoms with Gasteiger partial charge in [-0.1, -0.05) is 48.5 Å². The summed E-state index contributed by atoms with van der Waals surface area (Å²) in [4.78, 5) is 15.0. The van der Waals surface area contributed by atoms with Crippen molar-refractivity contribution < 1.29 is 33.6 Å². The normalized spacial score (nSPS) is 30.6. The lowest BCUT2D eigenvalue weighted by atomic mass is 9.92. The highest BCUT2D eigenvalue weighted by atomic mass is 16.7. The Labute approximate surface area is 224 Å². The molecule has 8 nitrogen and oxygen atoms in total. The van der Waals surface area contributed by atoms with Crippen LogP contribution in [0.4, 0.5) is 0 Å². The lowest BCUT2D eigenvalue weighted by Gasteiger charge is -2.48. The summed E-state index contributed by atoms with van der Waals surface area (Å²) in [5.74, 6) is -0.392. The fourth-order valence-corrected chi connectivity index (χ4v) is 5.47. The number of piperidine rings is 1. The number of rotatable bonds is 9. The molecule has 0 aliphatic carbocycles. The highest BCUT2D eigenvalue weighted by Crippen LogP contribution is 2.31. The zero-order valence-corrected chi connectivity index (χ0v) is 21.9. The molecular formula is C30H39NO7. The van der Waals surface area contributed by atoms with Gasteiger partial charge in [0.1, 0.15) is 18.8 Å². The number of hydrogen-bond donors (Lipinski definition) is 1. The van der Waals surface area contributed by atoms with Gasteiger partial charge in [0, 0.05) is 26.3 Å². The number of aliphatic hydroxyl groups excluding tert-OH is 1. The largest absolute Gasteiger partial charge is 0.460 e. The minimum absolute atomic E-state index is 0.0933. The molecule has 3 aliphatic heterocycles. The number of benzene rings is 2. The first-order valence-electron chi connectivity index (χ1n) is 13.9. The number of nitrogens with zero attached hydrogens (tertiary/aromatic N) is 1. The van der Waals surface area contributed by atoms with Crippen molar-refractivity contribution in [2.45, 2.75) is 82.0 Å². The lowest BCUT2D eigenvalue weighted by Crippen LogP contribution is -2.65. The van der Waals surface area contributed by atoms with Crippen LogP contribution in [0.15, 0.2) is 60.7 Å². The third kappa shape index (κ3) is 7.20. The highest BCUT2D eigenvalue weighted by Gasteiger charge is 2.47. The topological polar surface area (TPSA) is 86.7 Å². The van der Waals surface area contributed by atoms with E-state index in [-0.39, 0.29) is 12.6 Å². The quantitative estimate of drug-likeness (QED) is 0.493. The molecule has 3 saturated heterocycles. The van der Waals surface area contributed by atoms with Crippen LogP contribution in [-0.2, 0) is 30.2 Å². The molecule has 2 aromatic rings. The summed E-state index contributed by atoms with van der Waals surface area (Å²) in [6.07, 6.45) is 2.76. The molecule has 2 unspecified atom stereocenters. The maximum atomic E-state index is 12.9. The molecule has 0 aromatic heterocycles. The predicted molar refractivity (Wildman–Crippen MR) is 140 cm³/mol. The minimum Gasteiger partial charge on any atom is -0.460 e. The van der Waals surface area contributed by atoms with Gasteiger partial charge in [-0.3, -0.25) is 4.90 Å². The number of carbonyl (C=O) groups excluding carboxylic acids is 1. The molecule has 0 spiro atoms. The Morgan fingerprint density at radius 3 is 2.05 bits per heavy atom. The molecule has 5 rings (SSSR count). The highest BCUT2D eigenvalue weighted by molar-refractivity contribution is 5.89. The summed E-state index contributed by atoms with van der Waals surface area (Å²) >= 11 is 0. The van der Waals surface area contributed by atoms with Gasteiger partial charge in [-0.25, -0.2) is 4.79 Å². The van der Waals surface area contributed by atoms with Crippen LogP contribution in [-0.4, -0.2) is 79.3 Å². The summed E-state index contributed by atoms with van der Waals surface area (Å²) in [5, 5.41) is 11.4. The Bertz CT molecular complexity index is 979. The van der Waals surface area contributed by atoms with E-state index in [1.807, 2.05) is 36.4 Å². The fraction of sp³-hybridized carbons (Fsp3) is 0.567. The Kier molecular flexibility index (Phi) is 9.78. The van der Waals surface area contributed by atoms with E-state index in [0.29, 0.717) is 31.9 Å². The van der Waals surface area contributed by atoms with E-state index in [9.17, 15) is 9.90 Å². The van der Waals surface area contributed by atoms with Crippen molar-refractivity contribution in [3.8, 4) is 0 Å². The van der Waals surface area contributed by atoms with E-state index in [2.05, 4.69) is 17.0 Å². The van der Waals surface area contributed by atoms with Crippen LogP contribution >= 0.6 is 0 Å². The van der Waals surface area contributed by atoms with Crippen molar-refractivity contribution in [1.29, 1.82) is 0 Å². The summed E-state index contributed by atoms with van der Waals surface area (Å²) in [6.45, 7) is 2.30. The zero-order valence-electron chi connectivity index (χ0n) is 21.9. The monoisotopic (exact) mass is 525 g/mol. The molecule has 3 fully saturated rings. The maximum absolute atomic E-state index is 12.9. The molecule has 3 aliphatic rings. The molecule has 0 bridgehead atoms. The molecule has 0 saturated carbocycles. The van der Waals surface area contributed by atoms with Gasteiger partial charge in [-0.05, 0) is 56.2 Å². The van der Waals surface area contributed by atoms with E-state index < -0.39 is 36.9 Å². The van der Waals surface area contributed by atoms with Crippen LogP contribution in [0.1, 0.15) is 54.4 Å².